The highest BCUT2D eigenvalue weighted by atomic mass is 16.5. The first kappa shape index (κ1) is 14.2. The van der Waals surface area contributed by atoms with E-state index in [2.05, 4.69) is 6.92 Å². The molecule has 1 aliphatic rings. The first-order valence-corrected chi connectivity index (χ1v) is 7.22. The highest BCUT2D eigenvalue weighted by Gasteiger charge is 2.25. The summed E-state index contributed by atoms with van der Waals surface area (Å²) in [4.78, 5) is 0. The lowest BCUT2D eigenvalue weighted by Gasteiger charge is -2.32. The Balaban J connectivity index is 1.82. The highest BCUT2D eigenvalue weighted by Crippen LogP contribution is 2.31. The van der Waals surface area contributed by atoms with Crippen molar-refractivity contribution in [3.8, 4) is 11.5 Å². The van der Waals surface area contributed by atoms with Crippen LogP contribution in [0, 0.1) is 11.8 Å². The maximum Gasteiger partial charge on any atom is 0.161 e. The van der Waals surface area contributed by atoms with Crippen LogP contribution in [0.3, 0.4) is 0 Å². The van der Waals surface area contributed by atoms with Gasteiger partial charge in [0.2, 0.25) is 0 Å². The van der Waals surface area contributed by atoms with Gasteiger partial charge in [0.15, 0.2) is 11.5 Å². The van der Waals surface area contributed by atoms with Gasteiger partial charge in [-0.05, 0) is 49.7 Å². The van der Waals surface area contributed by atoms with Crippen LogP contribution in [0.5, 0.6) is 11.5 Å². The molecule has 0 spiro atoms. The Kier molecular flexibility index (Phi) is 5.08. The highest BCUT2D eigenvalue weighted by molar-refractivity contribution is 5.39. The van der Waals surface area contributed by atoms with Crippen molar-refractivity contribution < 1.29 is 9.47 Å². The number of ether oxygens (including phenoxy) is 2. The summed E-state index contributed by atoms with van der Waals surface area (Å²) in [6.07, 6.45) is 4.69. The van der Waals surface area contributed by atoms with E-state index in [1.807, 2.05) is 24.3 Å². The SMILES string of the molecule is COc1ccccc1OCCC1CC(C)CCC1N. The number of benzene rings is 1. The summed E-state index contributed by atoms with van der Waals surface area (Å²) in [6.45, 7) is 3.03. The Bertz CT molecular complexity index is 394. The molecule has 1 aromatic carbocycles. The van der Waals surface area contributed by atoms with Gasteiger partial charge < -0.3 is 15.2 Å². The molecule has 0 aliphatic heterocycles. The van der Waals surface area contributed by atoms with Crippen LogP contribution in [0.4, 0.5) is 0 Å². The second-order valence-corrected chi connectivity index (χ2v) is 5.63. The van der Waals surface area contributed by atoms with Gasteiger partial charge in [0.25, 0.3) is 0 Å². The van der Waals surface area contributed by atoms with Crippen LogP contribution in [0.1, 0.15) is 32.6 Å². The molecular formula is C16H25NO2. The fourth-order valence-corrected chi connectivity index (χ4v) is 2.91. The summed E-state index contributed by atoms with van der Waals surface area (Å²) < 4.78 is 11.1. The van der Waals surface area contributed by atoms with Crippen LogP contribution in [-0.4, -0.2) is 19.8 Å². The predicted molar refractivity (Wildman–Crippen MR) is 77.6 cm³/mol. The van der Waals surface area contributed by atoms with Crippen molar-refractivity contribution >= 4 is 0 Å². The molecule has 0 radical (unpaired) electrons. The van der Waals surface area contributed by atoms with Gasteiger partial charge in [-0.25, -0.2) is 0 Å². The number of hydrogen-bond acceptors (Lipinski definition) is 3. The molecule has 2 N–H and O–H groups in total. The van der Waals surface area contributed by atoms with E-state index in [0.717, 1.165) is 30.3 Å². The van der Waals surface area contributed by atoms with Gasteiger partial charge in [-0.15, -0.1) is 0 Å². The van der Waals surface area contributed by atoms with Crippen molar-refractivity contribution in [1.29, 1.82) is 0 Å². The molecule has 3 heteroatoms. The average Bonchev–Trinajstić information content (AvgIpc) is 2.43. The summed E-state index contributed by atoms with van der Waals surface area (Å²) in [7, 11) is 1.67. The Morgan fingerprint density at radius 3 is 2.68 bits per heavy atom. The largest absolute Gasteiger partial charge is 0.493 e. The van der Waals surface area contributed by atoms with Crippen LogP contribution in [-0.2, 0) is 0 Å². The van der Waals surface area contributed by atoms with Crippen molar-refractivity contribution in [3.05, 3.63) is 24.3 Å². The molecule has 0 aromatic heterocycles. The number of nitrogens with two attached hydrogens (primary N) is 1. The fourth-order valence-electron chi connectivity index (χ4n) is 2.91. The van der Waals surface area contributed by atoms with Gasteiger partial charge in [-0.3, -0.25) is 0 Å². The summed E-state index contributed by atoms with van der Waals surface area (Å²) in [5, 5.41) is 0. The first-order valence-electron chi connectivity index (χ1n) is 7.22. The van der Waals surface area contributed by atoms with E-state index in [0.29, 0.717) is 18.6 Å². The van der Waals surface area contributed by atoms with E-state index < -0.39 is 0 Å². The molecule has 0 saturated heterocycles. The molecule has 19 heavy (non-hydrogen) atoms. The molecule has 2 rings (SSSR count). The quantitative estimate of drug-likeness (QED) is 0.887. The normalized spacial score (nSPS) is 27.0. The number of hydrogen-bond donors (Lipinski definition) is 1. The van der Waals surface area contributed by atoms with Crippen LogP contribution in [0.2, 0.25) is 0 Å². The maximum absolute atomic E-state index is 6.20. The number of rotatable bonds is 5. The van der Waals surface area contributed by atoms with Crippen LogP contribution < -0.4 is 15.2 Å². The second kappa shape index (κ2) is 6.80. The lowest BCUT2D eigenvalue weighted by molar-refractivity contribution is 0.192. The van der Waals surface area contributed by atoms with Gasteiger partial charge in [-0.2, -0.15) is 0 Å². The van der Waals surface area contributed by atoms with Crippen LogP contribution in [0.25, 0.3) is 0 Å². The zero-order valence-corrected chi connectivity index (χ0v) is 12.0. The standard InChI is InChI=1S/C16H25NO2/c1-12-7-8-14(17)13(11-12)9-10-19-16-6-4-3-5-15(16)18-2/h3-6,12-14H,7-11,17H2,1-2H3. The topological polar surface area (TPSA) is 44.5 Å². The van der Waals surface area contributed by atoms with Gasteiger partial charge in [0.1, 0.15) is 0 Å². The molecule has 3 unspecified atom stereocenters. The van der Waals surface area contributed by atoms with Crippen LogP contribution >= 0.6 is 0 Å². The lowest BCUT2D eigenvalue weighted by Crippen LogP contribution is -2.36. The maximum atomic E-state index is 6.20. The van der Waals surface area contributed by atoms with Gasteiger partial charge in [-0.1, -0.05) is 19.1 Å². The van der Waals surface area contributed by atoms with E-state index in [1.165, 1.54) is 12.8 Å². The molecule has 1 aliphatic carbocycles. The van der Waals surface area contributed by atoms with Crippen molar-refractivity contribution in [2.75, 3.05) is 13.7 Å². The molecule has 1 aromatic rings. The van der Waals surface area contributed by atoms with E-state index in [1.54, 1.807) is 7.11 Å². The molecule has 106 valence electrons. The lowest BCUT2D eigenvalue weighted by atomic mass is 9.78. The molecule has 1 saturated carbocycles. The summed E-state index contributed by atoms with van der Waals surface area (Å²) in [5.41, 5.74) is 6.20. The van der Waals surface area contributed by atoms with Crippen LogP contribution in [0.15, 0.2) is 24.3 Å². The first-order chi connectivity index (χ1) is 9.20. The predicted octanol–water partition coefficient (Wildman–Crippen LogP) is 3.23. The molecule has 0 amide bonds. The Labute approximate surface area is 116 Å². The zero-order chi connectivity index (χ0) is 13.7. The van der Waals surface area contributed by atoms with Crippen molar-refractivity contribution in [2.45, 2.75) is 38.6 Å². The average molecular weight is 263 g/mol. The molecule has 0 heterocycles. The number of methoxy groups -OCH3 is 1. The third-order valence-corrected chi connectivity index (χ3v) is 4.12. The molecule has 3 nitrogen and oxygen atoms in total. The Morgan fingerprint density at radius 1 is 1.21 bits per heavy atom. The molecule has 3 atom stereocenters. The summed E-state index contributed by atoms with van der Waals surface area (Å²) in [5.74, 6) is 3.01. The van der Waals surface area contributed by atoms with Gasteiger partial charge in [0, 0.05) is 6.04 Å². The molecule has 1 fully saturated rings. The zero-order valence-electron chi connectivity index (χ0n) is 12.0. The van der Waals surface area contributed by atoms with E-state index in [4.69, 9.17) is 15.2 Å². The van der Waals surface area contributed by atoms with Gasteiger partial charge in [0.05, 0.1) is 13.7 Å². The molecule has 0 bridgehead atoms. The minimum Gasteiger partial charge on any atom is -0.493 e. The molecular weight excluding hydrogens is 238 g/mol. The van der Waals surface area contributed by atoms with Crippen molar-refractivity contribution in [2.24, 2.45) is 17.6 Å². The Hall–Kier alpha value is -1.22. The van der Waals surface area contributed by atoms with E-state index in [9.17, 15) is 0 Å². The number of para-hydroxylation sites is 2. The van der Waals surface area contributed by atoms with Crippen molar-refractivity contribution in [3.63, 3.8) is 0 Å². The summed E-state index contributed by atoms with van der Waals surface area (Å²) >= 11 is 0. The second-order valence-electron chi connectivity index (χ2n) is 5.63. The minimum absolute atomic E-state index is 0.345. The minimum atomic E-state index is 0.345. The van der Waals surface area contributed by atoms with E-state index >= 15 is 0 Å². The smallest absolute Gasteiger partial charge is 0.161 e. The van der Waals surface area contributed by atoms with E-state index in [-0.39, 0.29) is 0 Å². The van der Waals surface area contributed by atoms with Gasteiger partial charge >= 0.3 is 0 Å². The monoisotopic (exact) mass is 263 g/mol. The Morgan fingerprint density at radius 2 is 1.95 bits per heavy atom. The summed E-state index contributed by atoms with van der Waals surface area (Å²) in [6, 6.07) is 8.13. The third-order valence-electron chi connectivity index (χ3n) is 4.12. The van der Waals surface area contributed by atoms with Crippen molar-refractivity contribution in [1.82, 2.24) is 0 Å². The fraction of sp³-hybridized carbons (Fsp3) is 0.625. The third kappa shape index (κ3) is 3.87.